The van der Waals surface area contributed by atoms with E-state index in [1.54, 1.807) is 11.3 Å². The van der Waals surface area contributed by atoms with Crippen molar-refractivity contribution in [2.75, 3.05) is 11.9 Å². The minimum absolute atomic E-state index is 0.0624. The van der Waals surface area contributed by atoms with Crippen LogP contribution in [0.1, 0.15) is 22.4 Å². The predicted molar refractivity (Wildman–Crippen MR) is 111 cm³/mol. The Hall–Kier alpha value is -2.51. The van der Waals surface area contributed by atoms with Crippen LogP contribution >= 0.6 is 22.7 Å². The van der Waals surface area contributed by atoms with E-state index < -0.39 is 0 Å². The number of thiazole rings is 1. The Kier molecular flexibility index (Phi) is 6.03. The number of carbonyl (C=O) groups excluding carboxylic acids is 2. The predicted octanol–water partition coefficient (Wildman–Crippen LogP) is 4.09. The Morgan fingerprint density at radius 1 is 1.07 bits per heavy atom. The van der Waals surface area contributed by atoms with Crippen LogP contribution in [0.2, 0.25) is 0 Å². The van der Waals surface area contributed by atoms with E-state index in [9.17, 15) is 9.59 Å². The molecule has 0 aliphatic heterocycles. The van der Waals surface area contributed by atoms with E-state index in [4.69, 9.17) is 0 Å². The van der Waals surface area contributed by atoms with Crippen LogP contribution in [0.25, 0.3) is 10.6 Å². The molecular formula is C20H21N3O2S2. The summed E-state index contributed by atoms with van der Waals surface area (Å²) in [7, 11) is 0. The highest BCUT2D eigenvalue weighted by Gasteiger charge is 2.12. The molecule has 7 heteroatoms. The first-order valence-corrected chi connectivity index (χ1v) is 10.4. The maximum absolute atomic E-state index is 12.2. The first-order chi connectivity index (χ1) is 12.9. The lowest BCUT2D eigenvalue weighted by Crippen LogP contribution is -2.34. The second kappa shape index (κ2) is 8.45. The molecule has 2 aromatic heterocycles. The second-order valence-electron chi connectivity index (χ2n) is 6.43. The van der Waals surface area contributed by atoms with E-state index in [-0.39, 0.29) is 24.8 Å². The van der Waals surface area contributed by atoms with E-state index in [2.05, 4.69) is 15.6 Å². The van der Waals surface area contributed by atoms with Gasteiger partial charge in [0.05, 0.1) is 18.7 Å². The third-order valence-electron chi connectivity index (χ3n) is 4.05. The van der Waals surface area contributed by atoms with Crippen molar-refractivity contribution < 1.29 is 9.59 Å². The van der Waals surface area contributed by atoms with Gasteiger partial charge in [0.15, 0.2) is 0 Å². The van der Waals surface area contributed by atoms with Crippen LogP contribution in [0.4, 0.5) is 5.69 Å². The molecule has 27 heavy (non-hydrogen) atoms. The van der Waals surface area contributed by atoms with Crippen molar-refractivity contribution in [2.45, 2.75) is 27.2 Å². The van der Waals surface area contributed by atoms with Gasteiger partial charge in [-0.2, -0.15) is 11.3 Å². The molecule has 0 aliphatic rings. The summed E-state index contributed by atoms with van der Waals surface area (Å²) in [6, 6.07) is 6.05. The van der Waals surface area contributed by atoms with Crippen molar-refractivity contribution in [3.63, 3.8) is 0 Å². The van der Waals surface area contributed by atoms with Gasteiger partial charge >= 0.3 is 0 Å². The standard InChI is InChI=1S/C20H21N3O2S2/c1-12-6-13(2)19(14(3)7-12)23-18(25)9-21-17(24)8-16-11-27-20(22-16)15-4-5-26-10-15/h4-7,10-11H,8-9H2,1-3H3,(H,21,24)(H,23,25). The van der Waals surface area contributed by atoms with Gasteiger partial charge in [-0.3, -0.25) is 9.59 Å². The lowest BCUT2D eigenvalue weighted by molar-refractivity contribution is -0.123. The molecule has 0 saturated heterocycles. The maximum Gasteiger partial charge on any atom is 0.243 e. The maximum atomic E-state index is 12.2. The first-order valence-electron chi connectivity index (χ1n) is 8.53. The van der Waals surface area contributed by atoms with Gasteiger partial charge in [-0.05, 0) is 43.3 Å². The van der Waals surface area contributed by atoms with Crippen molar-refractivity contribution in [2.24, 2.45) is 0 Å². The van der Waals surface area contributed by atoms with Gasteiger partial charge in [0, 0.05) is 22.0 Å². The summed E-state index contributed by atoms with van der Waals surface area (Å²) in [5, 5.41) is 12.4. The number of amides is 2. The molecule has 0 radical (unpaired) electrons. The van der Waals surface area contributed by atoms with E-state index >= 15 is 0 Å². The number of benzene rings is 1. The highest BCUT2D eigenvalue weighted by atomic mass is 32.1. The van der Waals surface area contributed by atoms with Crippen LogP contribution < -0.4 is 10.6 Å². The molecule has 0 unspecified atom stereocenters. The zero-order chi connectivity index (χ0) is 19.4. The highest BCUT2D eigenvalue weighted by molar-refractivity contribution is 7.14. The van der Waals surface area contributed by atoms with E-state index in [1.165, 1.54) is 11.3 Å². The molecule has 2 heterocycles. The topological polar surface area (TPSA) is 71.1 Å². The van der Waals surface area contributed by atoms with Crippen molar-refractivity contribution in [1.29, 1.82) is 0 Å². The number of nitrogens with one attached hydrogen (secondary N) is 2. The zero-order valence-corrected chi connectivity index (χ0v) is 17.1. The van der Waals surface area contributed by atoms with E-state index in [0.717, 1.165) is 32.9 Å². The number of aromatic nitrogens is 1. The fraction of sp³-hybridized carbons (Fsp3) is 0.250. The normalized spacial score (nSPS) is 10.6. The molecule has 5 nitrogen and oxygen atoms in total. The molecule has 2 N–H and O–H groups in total. The summed E-state index contributed by atoms with van der Waals surface area (Å²) in [5.74, 6) is -0.458. The summed E-state index contributed by atoms with van der Waals surface area (Å²) in [6.07, 6.45) is 0.163. The number of rotatable bonds is 6. The van der Waals surface area contributed by atoms with E-state index in [1.807, 2.05) is 55.1 Å². The zero-order valence-electron chi connectivity index (χ0n) is 15.5. The number of nitrogens with zero attached hydrogens (tertiary/aromatic N) is 1. The molecule has 0 fully saturated rings. The van der Waals surface area contributed by atoms with Crippen molar-refractivity contribution in [3.8, 4) is 10.6 Å². The Labute approximate surface area is 166 Å². The highest BCUT2D eigenvalue weighted by Crippen LogP contribution is 2.25. The molecule has 1 aromatic carbocycles. The van der Waals surface area contributed by atoms with Crippen LogP contribution in [-0.2, 0) is 16.0 Å². The van der Waals surface area contributed by atoms with Gasteiger partial charge < -0.3 is 10.6 Å². The lowest BCUT2D eigenvalue weighted by Gasteiger charge is -2.13. The van der Waals surface area contributed by atoms with Gasteiger partial charge in [0.25, 0.3) is 0 Å². The Balaban J connectivity index is 1.51. The number of hydrogen-bond acceptors (Lipinski definition) is 5. The number of anilines is 1. The molecule has 2 amide bonds. The summed E-state index contributed by atoms with van der Waals surface area (Å²) >= 11 is 3.13. The smallest absolute Gasteiger partial charge is 0.243 e. The molecule has 0 atom stereocenters. The van der Waals surface area contributed by atoms with E-state index in [0.29, 0.717) is 5.69 Å². The van der Waals surface area contributed by atoms with Gasteiger partial charge in [0.1, 0.15) is 5.01 Å². The Morgan fingerprint density at radius 3 is 2.48 bits per heavy atom. The quantitative estimate of drug-likeness (QED) is 0.656. The minimum Gasteiger partial charge on any atom is -0.347 e. The molecule has 140 valence electrons. The third-order valence-corrected chi connectivity index (χ3v) is 5.67. The van der Waals surface area contributed by atoms with Crippen molar-refractivity contribution in [3.05, 3.63) is 56.7 Å². The molecule has 3 aromatic rings. The van der Waals surface area contributed by atoms with Gasteiger partial charge in [-0.15, -0.1) is 11.3 Å². The van der Waals surface area contributed by atoms with Crippen molar-refractivity contribution in [1.82, 2.24) is 10.3 Å². The third kappa shape index (κ3) is 5.02. The summed E-state index contributed by atoms with van der Waals surface area (Å²) in [5.41, 5.74) is 5.76. The Bertz CT molecular complexity index is 939. The molecular weight excluding hydrogens is 378 g/mol. The number of carbonyl (C=O) groups is 2. The fourth-order valence-corrected chi connectivity index (χ4v) is 4.41. The molecule has 0 saturated carbocycles. The first kappa shape index (κ1) is 19.3. The van der Waals surface area contributed by atoms with Crippen molar-refractivity contribution >= 4 is 40.2 Å². The number of hydrogen-bond donors (Lipinski definition) is 2. The SMILES string of the molecule is Cc1cc(C)c(NC(=O)CNC(=O)Cc2csc(-c3ccsc3)n2)c(C)c1. The fourth-order valence-electron chi connectivity index (χ4n) is 2.87. The van der Waals surface area contributed by atoms with Gasteiger partial charge in [-0.1, -0.05) is 17.7 Å². The monoisotopic (exact) mass is 399 g/mol. The summed E-state index contributed by atoms with van der Waals surface area (Å²) in [6.45, 7) is 5.88. The second-order valence-corrected chi connectivity index (χ2v) is 8.07. The number of thiophene rings is 1. The van der Waals surface area contributed by atoms with Crippen LogP contribution in [0.15, 0.2) is 34.3 Å². The van der Waals surface area contributed by atoms with Crippen LogP contribution in [0, 0.1) is 20.8 Å². The lowest BCUT2D eigenvalue weighted by atomic mass is 10.1. The van der Waals surface area contributed by atoms with Gasteiger partial charge in [0.2, 0.25) is 11.8 Å². The molecule has 3 rings (SSSR count). The van der Waals surface area contributed by atoms with Crippen LogP contribution in [-0.4, -0.2) is 23.3 Å². The average molecular weight is 400 g/mol. The largest absolute Gasteiger partial charge is 0.347 e. The summed E-state index contributed by atoms with van der Waals surface area (Å²) < 4.78 is 0. The molecule has 0 bridgehead atoms. The molecule has 0 spiro atoms. The minimum atomic E-state index is -0.240. The molecule has 0 aliphatic carbocycles. The summed E-state index contributed by atoms with van der Waals surface area (Å²) in [4.78, 5) is 28.8. The average Bonchev–Trinajstić information content (AvgIpc) is 3.27. The Morgan fingerprint density at radius 2 is 1.81 bits per heavy atom. The number of aryl methyl sites for hydroxylation is 3. The van der Waals surface area contributed by atoms with Crippen LogP contribution in [0.5, 0.6) is 0 Å². The van der Waals surface area contributed by atoms with Gasteiger partial charge in [-0.25, -0.2) is 4.98 Å². The van der Waals surface area contributed by atoms with Crippen LogP contribution in [0.3, 0.4) is 0 Å².